The number of benzene rings is 2. The average molecular weight is 448 g/mol. The molecule has 31 heavy (non-hydrogen) atoms. The monoisotopic (exact) mass is 447 g/mol. The van der Waals surface area contributed by atoms with Crippen LogP contribution in [0.3, 0.4) is 0 Å². The van der Waals surface area contributed by atoms with E-state index in [1.807, 2.05) is 60.7 Å². The van der Waals surface area contributed by atoms with Crippen LogP contribution in [0.5, 0.6) is 0 Å². The van der Waals surface area contributed by atoms with E-state index in [9.17, 15) is 9.59 Å². The number of rotatable bonds is 5. The molecule has 2 heterocycles. The summed E-state index contributed by atoms with van der Waals surface area (Å²) in [5.74, 6) is 0.153. The van der Waals surface area contributed by atoms with Crippen molar-refractivity contribution < 1.29 is 4.79 Å². The van der Waals surface area contributed by atoms with Crippen molar-refractivity contribution in [2.24, 2.45) is 0 Å². The minimum absolute atomic E-state index is 0.0398. The van der Waals surface area contributed by atoms with Gasteiger partial charge in [-0.05, 0) is 49.1 Å². The lowest BCUT2D eigenvalue weighted by Crippen LogP contribution is -2.28. The Morgan fingerprint density at radius 3 is 2.55 bits per heavy atom. The van der Waals surface area contributed by atoms with Gasteiger partial charge in [0.05, 0.1) is 16.8 Å². The second-order valence-corrected chi connectivity index (χ2v) is 9.51. The standard InChI is InChI=1S/C24H21N3O2S2/c1-26(16-9-4-2-5-10-16)20(28)15-30-24-25-22-21(18-13-8-14-19(18)31-22)23(29)27(24)17-11-6-3-7-12-17/h2-7,9-12H,8,13-15H2,1H3. The zero-order valence-electron chi connectivity index (χ0n) is 17.1. The van der Waals surface area contributed by atoms with Crippen LogP contribution in [-0.2, 0) is 17.6 Å². The smallest absolute Gasteiger partial charge is 0.267 e. The van der Waals surface area contributed by atoms with Crippen LogP contribution in [0.2, 0.25) is 0 Å². The normalized spacial score (nSPS) is 12.8. The van der Waals surface area contributed by atoms with Gasteiger partial charge in [-0.15, -0.1) is 11.3 Å². The largest absolute Gasteiger partial charge is 0.315 e. The lowest BCUT2D eigenvalue weighted by atomic mass is 10.2. The number of hydrogen-bond acceptors (Lipinski definition) is 5. The highest BCUT2D eigenvalue weighted by atomic mass is 32.2. The van der Waals surface area contributed by atoms with Crippen molar-refractivity contribution in [3.05, 3.63) is 81.5 Å². The third kappa shape index (κ3) is 3.68. The first kappa shape index (κ1) is 20.0. The Labute approximate surface area is 188 Å². The number of hydrogen-bond donors (Lipinski definition) is 0. The number of aryl methyl sites for hydroxylation is 2. The Kier molecular flexibility index (Phi) is 5.38. The van der Waals surface area contributed by atoms with Crippen LogP contribution in [0.4, 0.5) is 5.69 Å². The van der Waals surface area contributed by atoms with Gasteiger partial charge in [0.25, 0.3) is 5.56 Å². The van der Waals surface area contributed by atoms with Gasteiger partial charge >= 0.3 is 0 Å². The van der Waals surface area contributed by atoms with E-state index in [1.165, 1.54) is 22.2 Å². The lowest BCUT2D eigenvalue weighted by Gasteiger charge is -2.17. The summed E-state index contributed by atoms with van der Waals surface area (Å²) in [6.45, 7) is 0. The van der Waals surface area contributed by atoms with Crippen LogP contribution in [0.25, 0.3) is 15.9 Å². The number of anilines is 1. The number of fused-ring (bicyclic) bond motifs is 3. The predicted octanol–water partition coefficient (Wildman–Crippen LogP) is 4.69. The Hall–Kier alpha value is -2.90. The summed E-state index contributed by atoms with van der Waals surface area (Å²) in [5.41, 5.74) is 2.73. The number of carbonyl (C=O) groups excluding carboxylic acids is 1. The molecule has 0 radical (unpaired) electrons. The van der Waals surface area contributed by atoms with E-state index in [4.69, 9.17) is 4.98 Å². The molecule has 0 spiro atoms. The SMILES string of the molecule is CN(C(=O)CSc1nc2sc3c(c2c(=O)n1-c1ccccc1)CCC3)c1ccccc1. The van der Waals surface area contributed by atoms with Crippen molar-refractivity contribution >= 4 is 44.9 Å². The Balaban J connectivity index is 1.53. The summed E-state index contributed by atoms with van der Waals surface area (Å²) >= 11 is 2.93. The van der Waals surface area contributed by atoms with Crippen molar-refractivity contribution in [3.8, 4) is 5.69 Å². The first-order valence-corrected chi connectivity index (χ1v) is 12.0. The Morgan fingerprint density at radius 1 is 1.10 bits per heavy atom. The van der Waals surface area contributed by atoms with E-state index >= 15 is 0 Å². The van der Waals surface area contributed by atoms with Crippen LogP contribution in [-0.4, -0.2) is 28.3 Å². The van der Waals surface area contributed by atoms with Crippen LogP contribution < -0.4 is 10.5 Å². The van der Waals surface area contributed by atoms with E-state index in [0.717, 1.165) is 40.9 Å². The molecule has 0 unspecified atom stereocenters. The molecule has 2 aromatic heterocycles. The molecule has 156 valence electrons. The summed E-state index contributed by atoms with van der Waals surface area (Å²) in [5, 5.41) is 1.30. The fourth-order valence-corrected chi connectivity index (χ4v) is 6.17. The minimum atomic E-state index is -0.0427. The van der Waals surface area contributed by atoms with E-state index in [0.29, 0.717) is 5.16 Å². The molecule has 0 saturated heterocycles. The van der Waals surface area contributed by atoms with Gasteiger partial charge in [-0.2, -0.15) is 0 Å². The highest BCUT2D eigenvalue weighted by Gasteiger charge is 2.24. The van der Waals surface area contributed by atoms with E-state index in [1.54, 1.807) is 27.9 Å². The molecular formula is C24H21N3O2S2. The molecule has 0 saturated carbocycles. The number of thiophene rings is 1. The average Bonchev–Trinajstić information content (AvgIpc) is 3.39. The first-order chi connectivity index (χ1) is 15.1. The zero-order valence-corrected chi connectivity index (χ0v) is 18.7. The lowest BCUT2D eigenvalue weighted by molar-refractivity contribution is -0.115. The number of nitrogens with zero attached hydrogens (tertiary/aromatic N) is 3. The van der Waals surface area contributed by atoms with Crippen molar-refractivity contribution in [3.63, 3.8) is 0 Å². The van der Waals surface area contributed by atoms with E-state index < -0.39 is 0 Å². The van der Waals surface area contributed by atoms with Gasteiger partial charge in [-0.3, -0.25) is 14.2 Å². The molecule has 2 aromatic carbocycles. The number of amides is 1. The maximum atomic E-state index is 13.6. The second kappa shape index (κ2) is 8.32. The van der Waals surface area contributed by atoms with E-state index in [-0.39, 0.29) is 17.2 Å². The number of carbonyl (C=O) groups is 1. The molecule has 5 rings (SSSR count). The van der Waals surface area contributed by atoms with Crippen LogP contribution in [0, 0.1) is 0 Å². The molecule has 7 heteroatoms. The van der Waals surface area contributed by atoms with Gasteiger partial charge in [-0.25, -0.2) is 4.98 Å². The molecule has 0 fully saturated rings. The molecule has 0 N–H and O–H groups in total. The number of para-hydroxylation sites is 2. The summed E-state index contributed by atoms with van der Waals surface area (Å²) in [7, 11) is 1.77. The van der Waals surface area contributed by atoms with Crippen molar-refractivity contribution in [2.45, 2.75) is 24.4 Å². The molecule has 1 aliphatic rings. The maximum absolute atomic E-state index is 13.6. The highest BCUT2D eigenvalue weighted by molar-refractivity contribution is 7.99. The van der Waals surface area contributed by atoms with Gasteiger partial charge in [0.2, 0.25) is 5.91 Å². The fourth-order valence-electron chi connectivity index (χ4n) is 3.94. The molecule has 4 aromatic rings. The summed E-state index contributed by atoms with van der Waals surface area (Å²) in [4.78, 5) is 35.0. The Bertz CT molecular complexity index is 1310. The molecule has 1 aliphatic carbocycles. The molecule has 5 nitrogen and oxygen atoms in total. The second-order valence-electron chi connectivity index (χ2n) is 7.48. The van der Waals surface area contributed by atoms with Gasteiger partial charge in [0.15, 0.2) is 5.16 Å². The number of thioether (sulfide) groups is 1. The van der Waals surface area contributed by atoms with Gasteiger partial charge in [0, 0.05) is 17.6 Å². The highest BCUT2D eigenvalue weighted by Crippen LogP contribution is 2.36. The van der Waals surface area contributed by atoms with Gasteiger partial charge < -0.3 is 4.90 Å². The summed E-state index contributed by atoms with van der Waals surface area (Å²) < 4.78 is 1.66. The molecule has 1 amide bonds. The fraction of sp³-hybridized carbons (Fsp3) is 0.208. The summed E-state index contributed by atoms with van der Waals surface area (Å²) in [6.07, 6.45) is 3.05. The molecular weight excluding hydrogens is 426 g/mol. The minimum Gasteiger partial charge on any atom is -0.315 e. The number of aromatic nitrogens is 2. The van der Waals surface area contributed by atoms with Crippen LogP contribution >= 0.6 is 23.1 Å². The zero-order chi connectivity index (χ0) is 21.4. The third-order valence-electron chi connectivity index (χ3n) is 5.56. The van der Waals surface area contributed by atoms with Crippen molar-refractivity contribution in [1.29, 1.82) is 0 Å². The topological polar surface area (TPSA) is 55.2 Å². The van der Waals surface area contributed by atoms with Crippen LogP contribution in [0.15, 0.2) is 70.6 Å². The summed E-state index contributed by atoms with van der Waals surface area (Å²) in [6, 6.07) is 19.1. The van der Waals surface area contributed by atoms with Gasteiger partial charge in [-0.1, -0.05) is 48.2 Å². The molecule has 0 atom stereocenters. The van der Waals surface area contributed by atoms with E-state index in [2.05, 4.69) is 0 Å². The Morgan fingerprint density at radius 2 is 1.81 bits per heavy atom. The van der Waals surface area contributed by atoms with Crippen molar-refractivity contribution in [1.82, 2.24) is 9.55 Å². The third-order valence-corrected chi connectivity index (χ3v) is 7.67. The first-order valence-electron chi connectivity index (χ1n) is 10.2. The van der Waals surface area contributed by atoms with Crippen molar-refractivity contribution in [2.75, 3.05) is 17.7 Å². The quantitative estimate of drug-likeness (QED) is 0.329. The molecule has 0 aliphatic heterocycles. The molecule has 0 bridgehead atoms. The van der Waals surface area contributed by atoms with Crippen LogP contribution in [0.1, 0.15) is 16.9 Å². The van der Waals surface area contributed by atoms with Gasteiger partial charge in [0.1, 0.15) is 4.83 Å². The maximum Gasteiger partial charge on any atom is 0.267 e. The predicted molar refractivity (Wildman–Crippen MR) is 128 cm³/mol.